The molecule has 0 saturated heterocycles. The largest absolute Gasteiger partial charge is 0.417 e. The van der Waals surface area contributed by atoms with Crippen LogP contribution in [0, 0.1) is 6.92 Å². The van der Waals surface area contributed by atoms with E-state index in [9.17, 15) is 31.1 Å². The second kappa shape index (κ2) is 4.05. The molecule has 0 unspecified atom stereocenters. The van der Waals surface area contributed by atoms with Gasteiger partial charge in [0.15, 0.2) is 6.29 Å². The summed E-state index contributed by atoms with van der Waals surface area (Å²) in [5, 5.41) is 0. The third kappa shape index (κ3) is 2.78. The van der Waals surface area contributed by atoms with Gasteiger partial charge in [-0.05, 0) is 24.6 Å². The van der Waals surface area contributed by atoms with Crippen LogP contribution in [0.3, 0.4) is 0 Å². The van der Waals surface area contributed by atoms with Crippen LogP contribution in [-0.2, 0) is 12.4 Å². The minimum absolute atomic E-state index is 0.0588. The topological polar surface area (TPSA) is 17.1 Å². The second-order valence-corrected chi connectivity index (χ2v) is 3.37. The van der Waals surface area contributed by atoms with Crippen molar-refractivity contribution in [1.82, 2.24) is 0 Å². The standard InChI is InChI=1S/C10H6F6O/c1-5-2-6(9(11,12)13)3-8(7(5)4-17)10(14,15)16/h2-4H,1H3. The summed E-state index contributed by atoms with van der Waals surface area (Å²) in [4.78, 5) is 10.5. The van der Waals surface area contributed by atoms with E-state index in [1.165, 1.54) is 0 Å². The van der Waals surface area contributed by atoms with Crippen LogP contribution in [0.2, 0.25) is 0 Å². The van der Waals surface area contributed by atoms with E-state index in [0.717, 1.165) is 6.92 Å². The van der Waals surface area contributed by atoms with E-state index < -0.39 is 29.0 Å². The lowest BCUT2D eigenvalue weighted by Crippen LogP contribution is -2.14. The molecule has 1 rings (SSSR count). The van der Waals surface area contributed by atoms with Crippen LogP contribution in [-0.4, -0.2) is 6.29 Å². The van der Waals surface area contributed by atoms with Crippen molar-refractivity contribution < 1.29 is 31.1 Å². The van der Waals surface area contributed by atoms with E-state index in [1.807, 2.05) is 0 Å². The van der Waals surface area contributed by atoms with Gasteiger partial charge in [0, 0.05) is 5.56 Å². The third-order valence-electron chi connectivity index (χ3n) is 2.14. The lowest BCUT2D eigenvalue weighted by Gasteiger charge is -2.15. The van der Waals surface area contributed by atoms with Crippen LogP contribution < -0.4 is 0 Å². The normalized spacial score (nSPS) is 12.6. The second-order valence-electron chi connectivity index (χ2n) is 3.37. The molecular weight excluding hydrogens is 250 g/mol. The average molecular weight is 256 g/mol. The number of hydrogen-bond donors (Lipinski definition) is 0. The van der Waals surface area contributed by atoms with Crippen LogP contribution in [0.5, 0.6) is 0 Å². The first-order chi connectivity index (χ1) is 7.57. The third-order valence-corrected chi connectivity index (χ3v) is 2.14. The Balaban J connectivity index is 3.56. The highest BCUT2D eigenvalue weighted by molar-refractivity contribution is 5.80. The number of carbonyl (C=O) groups excluding carboxylic acids is 1. The van der Waals surface area contributed by atoms with Crippen LogP contribution in [0.25, 0.3) is 0 Å². The average Bonchev–Trinajstić information content (AvgIpc) is 2.13. The first-order valence-electron chi connectivity index (χ1n) is 4.31. The SMILES string of the molecule is Cc1cc(C(F)(F)F)cc(C(F)(F)F)c1C=O. The highest BCUT2D eigenvalue weighted by atomic mass is 19.4. The van der Waals surface area contributed by atoms with E-state index in [1.54, 1.807) is 0 Å². The van der Waals surface area contributed by atoms with E-state index >= 15 is 0 Å². The molecule has 0 fully saturated rings. The highest BCUT2D eigenvalue weighted by Crippen LogP contribution is 2.38. The van der Waals surface area contributed by atoms with Gasteiger partial charge in [0.05, 0.1) is 11.1 Å². The molecule has 0 radical (unpaired) electrons. The number of alkyl halides is 6. The summed E-state index contributed by atoms with van der Waals surface area (Å²) in [5.74, 6) is 0. The number of benzene rings is 1. The van der Waals surface area contributed by atoms with Gasteiger partial charge in [-0.2, -0.15) is 26.3 Å². The first kappa shape index (κ1) is 13.5. The zero-order valence-electron chi connectivity index (χ0n) is 8.41. The molecule has 0 aliphatic heterocycles. The lowest BCUT2D eigenvalue weighted by atomic mass is 9.98. The number of halogens is 6. The quantitative estimate of drug-likeness (QED) is 0.551. The van der Waals surface area contributed by atoms with Crippen molar-refractivity contribution in [3.05, 3.63) is 34.4 Å². The van der Waals surface area contributed by atoms with Gasteiger partial charge in [-0.15, -0.1) is 0 Å². The fourth-order valence-electron chi connectivity index (χ4n) is 1.35. The summed E-state index contributed by atoms with van der Waals surface area (Å²) < 4.78 is 74.3. The molecule has 7 heteroatoms. The Labute approximate surface area is 92.0 Å². The van der Waals surface area contributed by atoms with Crippen LogP contribution in [0.4, 0.5) is 26.3 Å². The van der Waals surface area contributed by atoms with Crippen molar-refractivity contribution in [3.8, 4) is 0 Å². The number of aryl methyl sites for hydroxylation is 1. The van der Waals surface area contributed by atoms with Crippen LogP contribution >= 0.6 is 0 Å². The van der Waals surface area contributed by atoms with Gasteiger partial charge in [-0.3, -0.25) is 4.79 Å². The molecule has 1 aromatic carbocycles. The Hall–Kier alpha value is -1.53. The number of carbonyl (C=O) groups is 1. The van der Waals surface area contributed by atoms with Crippen molar-refractivity contribution in [1.29, 1.82) is 0 Å². The van der Waals surface area contributed by atoms with Gasteiger partial charge in [-0.1, -0.05) is 0 Å². The minimum atomic E-state index is -5.00. The van der Waals surface area contributed by atoms with Crippen LogP contribution in [0.15, 0.2) is 12.1 Å². The fraction of sp³-hybridized carbons (Fsp3) is 0.300. The van der Waals surface area contributed by atoms with Crippen molar-refractivity contribution >= 4 is 6.29 Å². The highest BCUT2D eigenvalue weighted by Gasteiger charge is 2.38. The molecule has 1 nitrogen and oxygen atoms in total. The molecule has 17 heavy (non-hydrogen) atoms. The number of aldehydes is 1. The van der Waals surface area contributed by atoms with Crippen molar-refractivity contribution in [2.75, 3.05) is 0 Å². The minimum Gasteiger partial charge on any atom is -0.298 e. The van der Waals surface area contributed by atoms with E-state index in [0.29, 0.717) is 6.07 Å². The van der Waals surface area contributed by atoms with E-state index in [4.69, 9.17) is 0 Å². The Bertz CT molecular complexity index is 443. The van der Waals surface area contributed by atoms with Gasteiger partial charge in [0.1, 0.15) is 0 Å². The smallest absolute Gasteiger partial charge is 0.298 e. The monoisotopic (exact) mass is 256 g/mol. The summed E-state index contributed by atoms with van der Waals surface area (Å²) in [6.07, 6.45) is -9.98. The predicted molar refractivity (Wildman–Crippen MR) is 46.6 cm³/mol. The summed E-state index contributed by atoms with van der Waals surface area (Å²) in [7, 11) is 0. The van der Waals surface area contributed by atoms with Gasteiger partial charge in [0.25, 0.3) is 0 Å². The van der Waals surface area contributed by atoms with Crippen LogP contribution in [0.1, 0.15) is 27.0 Å². The van der Waals surface area contributed by atoms with Gasteiger partial charge in [0.2, 0.25) is 0 Å². The Morgan fingerprint density at radius 2 is 1.53 bits per heavy atom. The van der Waals surface area contributed by atoms with Gasteiger partial charge < -0.3 is 0 Å². The molecule has 0 amide bonds. The first-order valence-corrected chi connectivity index (χ1v) is 4.31. The van der Waals surface area contributed by atoms with E-state index in [2.05, 4.69) is 0 Å². The van der Waals surface area contributed by atoms with Crippen molar-refractivity contribution in [3.63, 3.8) is 0 Å². The molecule has 0 heterocycles. The molecule has 94 valence electrons. The molecular formula is C10H6F6O. The Kier molecular flexibility index (Phi) is 3.22. The zero-order valence-corrected chi connectivity index (χ0v) is 8.41. The summed E-state index contributed by atoms with van der Waals surface area (Å²) >= 11 is 0. The zero-order chi connectivity index (χ0) is 13.4. The molecule has 0 aliphatic carbocycles. The number of rotatable bonds is 1. The maximum Gasteiger partial charge on any atom is 0.417 e. The van der Waals surface area contributed by atoms with Crippen molar-refractivity contribution in [2.24, 2.45) is 0 Å². The van der Waals surface area contributed by atoms with Gasteiger partial charge in [-0.25, -0.2) is 0 Å². The maximum atomic E-state index is 12.5. The molecule has 0 atom stereocenters. The van der Waals surface area contributed by atoms with Crippen molar-refractivity contribution in [2.45, 2.75) is 19.3 Å². The predicted octanol–water partition coefficient (Wildman–Crippen LogP) is 3.85. The van der Waals surface area contributed by atoms with E-state index in [-0.39, 0.29) is 17.9 Å². The molecule has 0 saturated carbocycles. The molecule has 0 N–H and O–H groups in total. The molecule has 0 aromatic heterocycles. The summed E-state index contributed by atoms with van der Waals surface area (Å²) in [6, 6.07) is 0.454. The maximum absolute atomic E-state index is 12.5. The molecule has 1 aromatic rings. The number of hydrogen-bond acceptors (Lipinski definition) is 1. The Morgan fingerprint density at radius 1 is 1.00 bits per heavy atom. The lowest BCUT2D eigenvalue weighted by molar-refractivity contribution is -0.143. The molecule has 0 aliphatic rings. The summed E-state index contributed by atoms with van der Waals surface area (Å²) in [5.41, 5.74) is -4.12. The molecule has 0 spiro atoms. The Morgan fingerprint density at radius 3 is 1.88 bits per heavy atom. The summed E-state index contributed by atoms with van der Waals surface area (Å²) in [6.45, 7) is 1.02. The van der Waals surface area contributed by atoms with Gasteiger partial charge >= 0.3 is 12.4 Å². The fourth-order valence-corrected chi connectivity index (χ4v) is 1.35. The molecule has 0 bridgehead atoms.